The molecule has 2 atom stereocenters. The topological polar surface area (TPSA) is 115 Å². The van der Waals surface area contributed by atoms with E-state index in [0.717, 1.165) is 0 Å². The molecule has 0 bridgehead atoms. The lowest BCUT2D eigenvalue weighted by Crippen LogP contribution is -2.55. The van der Waals surface area contributed by atoms with Gasteiger partial charge in [-0.25, -0.2) is 4.98 Å². The van der Waals surface area contributed by atoms with Crippen LogP contribution in [0.15, 0.2) is 28.0 Å². The second kappa shape index (κ2) is 6.34. The summed E-state index contributed by atoms with van der Waals surface area (Å²) in [7, 11) is 0. The van der Waals surface area contributed by atoms with Crippen molar-refractivity contribution in [1.82, 2.24) is 20.1 Å². The van der Waals surface area contributed by atoms with Gasteiger partial charge < -0.3 is 19.5 Å². The van der Waals surface area contributed by atoms with Gasteiger partial charge in [-0.1, -0.05) is 11.8 Å². The Hall–Kier alpha value is -1.84. The molecule has 0 aromatic carbocycles. The molecule has 0 saturated carbocycles. The number of likely N-dealkylation sites (tertiary alicyclic amines) is 1. The van der Waals surface area contributed by atoms with Crippen LogP contribution in [0.25, 0.3) is 0 Å². The first-order chi connectivity index (χ1) is 11.0. The van der Waals surface area contributed by atoms with Gasteiger partial charge in [-0.05, 0) is 25.5 Å². The van der Waals surface area contributed by atoms with E-state index in [1.54, 1.807) is 19.1 Å². The average Bonchev–Trinajstić information content (AvgIpc) is 3.18. The smallest absolute Gasteiger partial charge is 0.289 e. The van der Waals surface area contributed by atoms with Gasteiger partial charge >= 0.3 is 0 Å². The highest BCUT2D eigenvalue weighted by molar-refractivity contribution is 7.98. The molecule has 9 heteroatoms. The Morgan fingerprint density at radius 2 is 2.43 bits per heavy atom. The first kappa shape index (κ1) is 16.0. The first-order valence-electron chi connectivity index (χ1n) is 7.22. The highest BCUT2D eigenvalue weighted by atomic mass is 32.2. The number of aromatic amines is 1. The highest BCUT2D eigenvalue weighted by Gasteiger charge is 2.38. The Morgan fingerprint density at radius 3 is 3.13 bits per heavy atom. The number of nitrogens with one attached hydrogen (secondary N) is 1. The van der Waals surface area contributed by atoms with Crippen LogP contribution >= 0.6 is 11.8 Å². The third-order valence-corrected chi connectivity index (χ3v) is 4.80. The van der Waals surface area contributed by atoms with E-state index in [1.165, 1.54) is 23.0 Å². The molecule has 8 nitrogen and oxygen atoms in total. The Balaban J connectivity index is 1.60. The summed E-state index contributed by atoms with van der Waals surface area (Å²) in [5.74, 6) is 1.13. The van der Waals surface area contributed by atoms with Crippen molar-refractivity contribution in [2.24, 2.45) is 0 Å². The maximum atomic E-state index is 12.4. The molecule has 0 unspecified atom stereocenters. The SMILES string of the molecule is C[C@]1(O)CCN(C(=O)c2ccc(CSc3ncn[nH]3)o2)C[C@@H]1O. The maximum absolute atomic E-state index is 12.4. The zero-order valence-electron chi connectivity index (χ0n) is 12.6. The molecule has 2 aromatic rings. The predicted octanol–water partition coefficient (Wildman–Crippen LogP) is 0.648. The Bertz CT molecular complexity index is 670. The molecule has 1 amide bonds. The Morgan fingerprint density at radius 1 is 1.61 bits per heavy atom. The number of aliphatic hydroxyl groups is 2. The number of amides is 1. The summed E-state index contributed by atoms with van der Waals surface area (Å²) in [5, 5.41) is 27.0. The van der Waals surface area contributed by atoms with Gasteiger partial charge in [0.2, 0.25) is 0 Å². The average molecular weight is 338 g/mol. The van der Waals surface area contributed by atoms with Gasteiger partial charge in [-0.15, -0.1) is 0 Å². The number of rotatable bonds is 4. The molecule has 0 radical (unpaired) electrons. The van der Waals surface area contributed by atoms with Crippen LogP contribution in [0.4, 0.5) is 0 Å². The molecule has 1 aliphatic heterocycles. The van der Waals surface area contributed by atoms with Crippen LogP contribution in [-0.2, 0) is 5.75 Å². The summed E-state index contributed by atoms with van der Waals surface area (Å²) >= 11 is 1.42. The zero-order chi connectivity index (χ0) is 16.4. The van der Waals surface area contributed by atoms with Crippen molar-refractivity contribution in [1.29, 1.82) is 0 Å². The van der Waals surface area contributed by atoms with Crippen LogP contribution in [0.5, 0.6) is 0 Å². The number of H-pyrrole nitrogens is 1. The molecule has 23 heavy (non-hydrogen) atoms. The van der Waals surface area contributed by atoms with Gasteiger partial charge in [0, 0.05) is 13.1 Å². The number of aliphatic hydroxyl groups excluding tert-OH is 1. The first-order valence-corrected chi connectivity index (χ1v) is 8.21. The fourth-order valence-corrected chi connectivity index (χ4v) is 3.01. The van der Waals surface area contributed by atoms with E-state index >= 15 is 0 Å². The molecular formula is C14H18N4O4S. The van der Waals surface area contributed by atoms with Crippen molar-refractivity contribution in [3.05, 3.63) is 30.0 Å². The number of furan rings is 1. The van der Waals surface area contributed by atoms with Crippen LogP contribution in [-0.4, -0.2) is 61.0 Å². The summed E-state index contributed by atoms with van der Waals surface area (Å²) < 4.78 is 5.57. The van der Waals surface area contributed by atoms with Crippen LogP contribution in [0.1, 0.15) is 29.7 Å². The molecular weight excluding hydrogens is 320 g/mol. The lowest BCUT2D eigenvalue weighted by atomic mass is 9.91. The van der Waals surface area contributed by atoms with Crippen molar-refractivity contribution in [2.75, 3.05) is 13.1 Å². The van der Waals surface area contributed by atoms with E-state index < -0.39 is 11.7 Å². The minimum Gasteiger partial charge on any atom is -0.455 e. The third-order valence-electron chi connectivity index (χ3n) is 3.90. The summed E-state index contributed by atoms with van der Waals surface area (Å²) in [6.45, 7) is 2.05. The molecule has 1 saturated heterocycles. The van der Waals surface area contributed by atoms with E-state index in [0.29, 0.717) is 29.6 Å². The van der Waals surface area contributed by atoms with Crippen LogP contribution in [0.3, 0.4) is 0 Å². The fourth-order valence-electron chi connectivity index (χ4n) is 2.34. The van der Waals surface area contributed by atoms with Crippen LogP contribution < -0.4 is 0 Å². The van der Waals surface area contributed by atoms with E-state index in [2.05, 4.69) is 15.2 Å². The van der Waals surface area contributed by atoms with Gasteiger partial charge in [0.25, 0.3) is 5.91 Å². The molecule has 3 N–H and O–H groups in total. The van der Waals surface area contributed by atoms with E-state index in [9.17, 15) is 15.0 Å². The molecule has 3 heterocycles. The number of piperidine rings is 1. The second-order valence-electron chi connectivity index (χ2n) is 5.72. The van der Waals surface area contributed by atoms with Gasteiger partial charge in [0.1, 0.15) is 12.1 Å². The van der Waals surface area contributed by atoms with Crippen molar-refractivity contribution in [3.8, 4) is 0 Å². The molecule has 1 fully saturated rings. The quantitative estimate of drug-likeness (QED) is 0.701. The second-order valence-corrected chi connectivity index (χ2v) is 6.68. The van der Waals surface area contributed by atoms with E-state index in [1.807, 2.05) is 0 Å². The number of carbonyl (C=O) groups is 1. The largest absolute Gasteiger partial charge is 0.455 e. The summed E-state index contributed by atoms with van der Waals surface area (Å²) in [5.41, 5.74) is -1.15. The highest BCUT2D eigenvalue weighted by Crippen LogP contribution is 2.25. The molecule has 124 valence electrons. The number of β-amino-alcohol motifs (C(OH)–C–C–N with tert-alkyl or cyclic N) is 1. The molecule has 0 aliphatic carbocycles. The van der Waals surface area contributed by atoms with Crippen molar-refractivity contribution < 1.29 is 19.4 Å². The minimum absolute atomic E-state index is 0.0919. The number of thioether (sulfide) groups is 1. The Kier molecular flexibility index (Phi) is 4.42. The normalized spacial score (nSPS) is 24.8. The van der Waals surface area contributed by atoms with Gasteiger partial charge in [0.05, 0.1) is 17.5 Å². The molecule has 3 rings (SSSR count). The van der Waals surface area contributed by atoms with Crippen molar-refractivity contribution in [3.63, 3.8) is 0 Å². The number of aromatic nitrogens is 3. The van der Waals surface area contributed by atoms with Gasteiger partial charge in [-0.3, -0.25) is 9.89 Å². The number of hydrogen-bond acceptors (Lipinski definition) is 7. The molecule has 1 aliphatic rings. The zero-order valence-corrected chi connectivity index (χ0v) is 13.4. The van der Waals surface area contributed by atoms with E-state index in [-0.39, 0.29) is 18.2 Å². The summed E-state index contributed by atoms with van der Waals surface area (Å²) in [6, 6.07) is 3.37. The predicted molar refractivity (Wildman–Crippen MR) is 81.8 cm³/mol. The minimum atomic E-state index is -1.15. The number of nitrogens with zero attached hydrogens (tertiary/aromatic N) is 3. The Labute approximate surface area is 136 Å². The summed E-state index contributed by atoms with van der Waals surface area (Å²) in [6.07, 6.45) is 0.793. The van der Waals surface area contributed by atoms with Crippen molar-refractivity contribution >= 4 is 17.7 Å². The maximum Gasteiger partial charge on any atom is 0.289 e. The van der Waals surface area contributed by atoms with Gasteiger partial charge in [-0.2, -0.15) is 5.10 Å². The summed E-state index contributed by atoms with van der Waals surface area (Å²) in [4.78, 5) is 17.9. The number of hydrogen-bond donors (Lipinski definition) is 3. The van der Waals surface area contributed by atoms with Gasteiger partial charge in [0.15, 0.2) is 10.9 Å². The monoisotopic (exact) mass is 338 g/mol. The lowest BCUT2D eigenvalue weighted by molar-refractivity contribution is -0.100. The standard InChI is InChI=1S/C14H18N4O4S/c1-14(21)4-5-18(6-11(14)19)12(20)10-3-2-9(22-10)7-23-13-15-8-16-17-13/h2-3,8,11,19,21H,4-7H2,1H3,(H,15,16,17)/t11-,14-/m0/s1. The van der Waals surface area contributed by atoms with Crippen LogP contribution in [0.2, 0.25) is 0 Å². The van der Waals surface area contributed by atoms with E-state index in [4.69, 9.17) is 4.42 Å². The third kappa shape index (κ3) is 3.57. The lowest BCUT2D eigenvalue weighted by Gasteiger charge is -2.39. The molecule has 2 aromatic heterocycles. The molecule has 0 spiro atoms. The number of carbonyl (C=O) groups excluding carboxylic acids is 1. The van der Waals surface area contributed by atoms with Crippen LogP contribution in [0, 0.1) is 0 Å². The van der Waals surface area contributed by atoms with Crippen molar-refractivity contribution in [2.45, 2.75) is 36.0 Å². The fraction of sp³-hybridized carbons (Fsp3) is 0.500.